The molecule has 1 aromatic carbocycles. The second-order valence-electron chi connectivity index (χ2n) is 3.51. The lowest BCUT2D eigenvalue weighted by Gasteiger charge is -1.98. The van der Waals surface area contributed by atoms with Gasteiger partial charge < -0.3 is 9.73 Å². The summed E-state index contributed by atoms with van der Waals surface area (Å²) in [7, 11) is 1.76. The first-order chi connectivity index (χ1) is 7.78. The monoisotopic (exact) mass is 220 g/mol. The molecule has 0 aliphatic heterocycles. The zero-order valence-electron chi connectivity index (χ0n) is 9.03. The summed E-state index contributed by atoms with van der Waals surface area (Å²) in [4.78, 5) is 4.02. The van der Waals surface area contributed by atoms with Crippen molar-refractivity contribution in [1.29, 1.82) is 0 Å². The number of rotatable bonds is 4. The van der Waals surface area contributed by atoms with E-state index in [4.69, 9.17) is 4.42 Å². The molecule has 1 heterocycles. The first-order valence-corrected chi connectivity index (χ1v) is 5.15. The highest BCUT2D eigenvalue weighted by atomic mass is 19.1. The van der Waals surface area contributed by atoms with Gasteiger partial charge in [-0.25, -0.2) is 9.37 Å². The standard InChI is InChI=1S/C12H13FN2O/c1-14-12-15-8-11(16-12)7-4-9-2-5-10(13)6-3-9/h2-3,5-6,8H,4,7H2,1H3,(H,14,15). The van der Waals surface area contributed by atoms with Crippen LogP contribution in [0, 0.1) is 5.82 Å². The third-order valence-corrected chi connectivity index (χ3v) is 2.34. The topological polar surface area (TPSA) is 38.1 Å². The number of nitrogens with zero attached hydrogens (tertiary/aromatic N) is 1. The fraction of sp³-hybridized carbons (Fsp3) is 0.250. The quantitative estimate of drug-likeness (QED) is 0.860. The molecular weight excluding hydrogens is 207 g/mol. The number of aromatic nitrogens is 1. The molecule has 0 radical (unpaired) electrons. The highest BCUT2D eigenvalue weighted by Gasteiger charge is 2.02. The van der Waals surface area contributed by atoms with Crippen LogP contribution in [0.2, 0.25) is 0 Å². The van der Waals surface area contributed by atoms with Gasteiger partial charge in [-0.15, -0.1) is 0 Å². The number of halogens is 1. The molecule has 3 nitrogen and oxygen atoms in total. The molecule has 0 aliphatic rings. The first-order valence-electron chi connectivity index (χ1n) is 5.15. The van der Waals surface area contributed by atoms with Gasteiger partial charge in [0.05, 0.1) is 6.20 Å². The van der Waals surface area contributed by atoms with E-state index in [2.05, 4.69) is 10.3 Å². The lowest BCUT2D eigenvalue weighted by molar-refractivity contribution is 0.518. The van der Waals surface area contributed by atoms with Crippen molar-refractivity contribution >= 4 is 6.01 Å². The van der Waals surface area contributed by atoms with Crippen LogP contribution in [0.4, 0.5) is 10.4 Å². The van der Waals surface area contributed by atoms with Crippen molar-refractivity contribution in [3.8, 4) is 0 Å². The van der Waals surface area contributed by atoms with Crippen LogP contribution in [-0.4, -0.2) is 12.0 Å². The molecule has 0 amide bonds. The van der Waals surface area contributed by atoms with E-state index in [9.17, 15) is 4.39 Å². The molecule has 16 heavy (non-hydrogen) atoms. The van der Waals surface area contributed by atoms with E-state index >= 15 is 0 Å². The van der Waals surface area contributed by atoms with Crippen LogP contribution < -0.4 is 5.32 Å². The minimum Gasteiger partial charge on any atom is -0.429 e. The van der Waals surface area contributed by atoms with E-state index in [1.165, 1.54) is 12.1 Å². The molecule has 4 heteroatoms. The molecule has 2 aromatic rings. The third kappa shape index (κ3) is 2.59. The highest BCUT2D eigenvalue weighted by molar-refractivity contribution is 5.20. The zero-order chi connectivity index (χ0) is 11.4. The average Bonchev–Trinajstić information content (AvgIpc) is 2.76. The third-order valence-electron chi connectivity index (χ3n) is 2.34. The SMILES string of the molecule is CNc1ncc(CCc2ccc(F)cc2)o1. The van der Waals surface area contributed by atoms with Crippen molar-refractivity contribution in [2.45, 2.75) is 12.8 Å². The molecule has 1 aromatic heterocycles. The van der Waals surface area contributed by atoms with E-state index in [-0.39, 0.29) is 5.82 Å². The Hall–Kier alpha value is -1.84. The number of oxazole rings is 1. The summed E-state index contributed by atoms with van der Waals surface area (Å²) < 4.78 is 18.0. The van der Waals surface area contributed by atoms with Gasteiger partial charge in [-0.3, -0.25) is 0 Å². The normalized spacial score (nSPS) is 10.4. The van der Waals surface area contributed by atoms with Crippen LogP contribution in [-0.2, 0) is 12.8 Å². The molecule has 0 saturated carbocycles. The van der Waals surface area contributed by atoms with Crippen LogP contribution >= 0.6 is 0 Å². The van der Waals surface area contributed by atoms with Crippen LogP contribution in [0.15, 0.2) is 34.9 Å². The molecular formula is C12H13FN2O. The fourth-order valence-corrected chi connectivity index (χ4v) is 1.46. The molecule has 1 N–H and O–H groups in total. The number of nitrogens with one attached hydrogen (secondary N) is 1. The molecule has 0 atom stereocenters. The van der Waals surface area contributed by atoms with Gasteiger partial charge in [0, 0.05) is 13.5 Å². The second kappa shape index (κ2) is 4.79. The summed E-state index contributed by atoms with van der Waals surface area (Å²) in [5, 5.41) is 2.83. The van der Waals surface area contributed by atoms with Crippen LogP contribution in [0.25, 0.3) is 0 Å². The summed E-state index contributed by atoms with van der Waals surface area (Å²) >= 11 is 0. The molecule has 0 aliphatic carbocycles. The van der Waals surface area contributed by atoms with E-state index in [1.807, 2.05) is 0 Å². The maximum absolute atomic E-state index is 12.7. The summed E-state index contributed by atoms with van der Waals surface area (Å²) in [6.07, 6.45) is 3.29. The van der Waals surface area contributed by atoms with Gasteiger partial charge >= 0.3 is 0 Å². The molecule has 0 spiro atoms. The Bertz CT molecular complexity index is 450. The average molecular weight is 220 g/mol. The summed E-state index contributed by atoms with van der Waals surface area (Å²) in [5.74, 6) is 0.620. The number of hydrogen-bond acceptors (Lipinski definition) is 3. The Balaban J connectivity index is 1.94. The van der Waals surface area contributed by atoms with Gasteiger partial charge in [-0.05, 0) is 24.1 Å². The smallest absolute Gasteiger partial charge is 0.294 e. The van der Waals surface area contributed by atoms with Crippen molar-refractivity contribution in [2.75, 3.05) is 12.4 Å². The number of aryl methyl sites for hydroxylation is 2. The maximum Gasteiger partial charge on any atom is 0.294 e. The van der Waals surface area contributed by atoms with Gasteiger partial charge in [0.2, 0.25) is 0 Å². The van der Waals surface area contributed by atoms with E-state index in [0.29, 0.717) is 6.01 Å². The lowest BCUT2D eigenvalue weighted by atomic mass is 10.1. The minimum absolute atomic E-state index is 0.208. The predicted octanol–water partition coefficient (Wildman–Crippen LogP) is 2.64. The minimum atomic E-state index is -0.208. The van der Waals surface area contributed by atoms with Crippen molar-refractivity contribution in [3.63, 3.8) is 0 Å². The van der Waals surface area contributed by atoms with Crippen molar-refractivity contribution in [2.24, 2.45) is 0 Å². The Morgan fingerprint density at radius 1 is 1.25 bits per heavy atom. The Labute approximate surface area is 93.3 Å². The number of hydrogen-bond donors (Lipinski definition) is 1. The number of anilines is 1. The first kappa shape index (κ1) is 10.7. The molecule has 0 saturated heterocycles. The van der Waals surface area contributed by atoms with Gasteiger partial charge in [0.15, 0.2) is 0 Å². The maximum atomic E-state index is 12.7. The summed E-state index contributed by atoms with van der Waals surface area (Å²) in [5.41, 5.74) is 1.09. The van der Waals surface area contributed by atoms with Gasteiger partial charge in [-0.1, -0.05) is 12.1 Å². The number of benzene rings is 1. The van der Waals surface area contributed by atoms with E-state index in [0.717, 1.165) is 24.2 Å². The fourth-order valence-electron chi connectivity index (χ4n) is 1.46. The Kier molecular flexibility index (Phi) is 3.19. The zero-order valence-corrected chi connectivity index (χ0v) is 9.03. The van der Waals surface area contributed by atoms with Crippen molar-refractivity contribution in [3.05, 3.63) is 47.6 Å². The lowest BCUT2D eigenvalue weighted by Crippen LogP contribution is -1.90. The summed E-state index contributed by atoms with van der Waals surface area (Å²) in [6, 6.07) is 7.02. The predicted molar refractivity (Wildman–Crippen MR) is 59.9 cm³/mol. The van der Waals surface area contributed by atoms with Crippen molar-refractivity contribution in [1.82, 2.24) is 4.98 Å². The second-order valence-corrected chi connectivity index (χ2v) is 3.51. The van der Waals surface area contributed by atoms with E-state index < -0.39 is 0 Å². The summed E-state index contributed by atoms with van der Waals surface area (Å²) in [6.45, 7) is 0. The molecule has 0 fully saturated rings. The van der Waals surface area contributed by atoms with E-state index in [1.54, 1.807) is 25.4 Å². The van der Waals surface area contributed by atoms with Gasteiger partial charge in [-0.2, -0.15) is 0 Å². The van der Waals surface area contributed by atoms with Crippen LogP contribution in [0.3, 0.4) is 0 Å². The Morgan fingerprint density at radius 3 is 2.62 bits per heavy atom. The molecule has 2 rings (SSSR count). The largest absolute Gasteiger partial charge is 0.429 e. The van der Waals surface area contributed by atoms with Gasteiger partial charge in [0.25, 0.3) is 6.01 Å². The highest BCUT2D eigenvalue weighted by Crippen LogP contribution is 2.11. The molecule has 0 bridgehead atoms. The molecule has 84 valence electrons. The Morgan fingerprint density at radius 2 is 2.00 bits per heavy atom. The molecule has 0 unspecified atom stereocenters. The van der Waals surface area contributed by atoms with Gasteiger partial charge in [0.1, 0.15) is 11.6 Å². The van der Waals surface area contributed by atoms with Crippen molar-refractivity contribution < 1.29 is 8.81 Å². The van der Waals surface area contributed by atoms with Crippen LogP contribution in [0.1, 0.15) is 11.3 Å². The van der Waals surface area contributed by atoms with Crippen LogP contribution in [0.5, 0.6) is 0 Å².